The van der Waals surface area contributed by atoms with Crippen LogP contribution in [0.2, 0.25) is 0 Å². The summed E-state index contributed by atoms with van der Waals surface area (Å²) in [5.74, 6) is 2.68. The molecule has 2 amide bonds. The van der Waals surface area contributed by atoms with Crippen LogP contribution in [0.4, 0.5) is 5.69 Å². The number of nitrogens with zero attached hydrogens (tertiary/aromatic N) is 1. The van der Waals surface area contributed by atoms with Crippen LogP contribution >= 0.6 is 0 Å². The lowest BCUT2D eigenvalue weighted by molar-refractivity contribution is -0.122. The van der Waals surface area contributed by atoms with Crippen molar-refractivity contribution in [2.75, 3.05) is 4.90 Å². The van der Waals surface area contributed by atoms with Crippen LogP contribution in [-0.2, 0) is 9.59 Å². The Morgan fingerprint density at radius 2 is 1.95 bits per heavy atom. The molecule has 0 unspecified atom stereocenters. The molecule has 0 N–H and O–H groups in total. The summed E-state index contributed by atoms with van der Waals surface area (Å²) in [6.07, 6.45) is 8.05. The molecule has 0 spiro atoms. The van der Waals surface area contributed by atoms with Gasteiger partial charge in [0.25, 0.3) is 0 Å². The molecule has 1 aromatic rings. The minimum atomic E-state index is -0.138. The second-order valence-electron chi connectivity index (χ2n) is 5.84. The van der Waals surface area contributed by atoms with Crippen LogP contribution in [0.3, 0.4) is 0 Å². The summed E-state index contributed by atoms with van der Waals surface area (Å²) in [4.78, 5) is 26.4. The predicted octanol–water partition coefficient (Wildman–Crippen LogP) is 2.59. The topological polar surface area (TPSA) is 37.4 Å². The molecule has 2 aliphatic rings. The van der Waals surface area contributed by atoms with Crippen molar-refractivity contribution in [2.45, 2.75) is 26.2 Å². The van der Waals surface area contributed by atoms with Gasteiger partial charge in [0.2, 0.25) is 11.8 Å². The summed E-state index contributed by atoms with van der Waals surface area (Å²) in [6.45, 7) is 2.15. The second kappa shape index (κ2) is 4.79. The van der Waals surface area contributed by atoms with Crippen LogP contribution in [-0.4, -0.2) is 11.8 Å². The first-order valence-electron chi connectivity index (χ1n) is 7.06. The molecule has 1 saturated carbocycles. The van der Waals surface area contributed by atoms with Gasteiger partial charge in [0.05, 0.1) is 17.5 Å². The molecule has 0 radical (unpaired) electrons. The molecule has 3 rings (SSSR count). The zero-order chi connectivity index (χ0) is 14.3. The number of terminal acetylenes is 1. The van der Waals surface area contributed by atoms with Gasteiger partial charge in [0.1, 0.15) is 0 Å². The fourth-order valence-corrected chi connectivity index (χ4v) is 3.38. The molecule has 0 bridgehead atoms. The molecule has 3 atom stereocenters. The van der Waals surface area contributed by atoms with E-state index in [4.69, 9.17) is 6.42 Å². The molecule has 0 aromatic heterocycles. The van der Waals surface area contributed by atoms with Crippen molar-refractivity contribution >= 4 is 17.5 Å². The lowest BCUT2D eigenvalue weighted by atomic mass is 9.76. The van der Waals surface area contributed by atoms with Crippen molar-refractivity contribution in [3.8, 4) is 12.3 Å². The first-order valence-corrected chi connectivity index (χ1v) is 7.06. The number of imide groups is 1. The Morgan fingerprint density at radius 1 is 1.20 bits per heavy atom. The third-order valence-corrected chi connectivity index (χ3v) is 4.46. The Balaban J connectivity index is 1.96. The van der Waals surface area contributed by atoms with Crippen molar-refractivity contribution in [1.29, 1.82) is 0 Å². The van der Waals surface area contributed by atoms with Crippen LogP contribution in [0.25, 0.3) is 0 Å². The summed E-state index contributed by atoms with van der Waals surface area (Å²) in [5.41, 5.74) is 1.30. The number of fused-ring (bicyclic) bond motifs is 1. The number of amides is 2. The van der Waals surface area contributed by atoms with Crippen LogP contribution < -0.4 is 4.90 Å². The van der Waals surface area contributed by atoms with Crippen molar-refractivity contribution in [1.82, 2.24) is 0 Å². The molecule has 1 aliphatic heterocycles. The van der Waals surface area contributed by atoms with Gasteiger partial charge in [-0.3, -0.25) is 14.5 Å². The average molecular weight is 267 g/mol. The van der Waals surface area contributed by atoms with E-state index in [1.165, 1.54) is 4.90 Å². The zero-order valence-electron chi connectivity index (χ0n) is 11.5. The number of carbonyl (C=O) groups is 2. The van der Waals surface area contributed by atoms with E-state index in [1.54, 1.807) is 24.3 Å². The number of anilines is 1. The molecule has 1 heterocycles. The van der Waals surface area contributed by atoms with Gasteiger partial charge in [0, 0.05) is 5.56 Å². The Bertz CT molecular complexity index is 614. The van der Waals surface area contributed by atoms with E-state index in [0.717, 1.165) is 19.3 Å². The number of carbonyl (C=O) groups excluding carboxylic acids is 2. The molecule has 3 heteroatoms. The standard InChI is InChI=1S/C17H17NO2/c1-3-12-5-4-6-13(10-12)18-16(19)14-8-7-11(2)9-15(14)17(18)20/h1,4-6,10-11,14-15H,7-9H2,2H3/t11-,14-,15-/m1/s1. The van der Waals surface area contributed by atoms with Gasteiger partial charge in [-0.2, -0.15) is 0 Å². The predicted molar refractivity (Wildman–Crippen MR) is 76.9 cm³/mol. The third-order valence-electron chi connectivity index (χ3n) is 4.46. The van der Waals surface area contributed by atoms with Crippen molar-refractivity contribution in [2.24, 2.45) is 17.8 Å². The van der Waals surface area contributed by atoms with E-state index in [2.05, 4.69) is 12.8 Å². The summed E-state index contributed by atoms with van der Waals surface area (Å²) in [7, 11) is 0. The molecule has 1 aliphatic carbocycles. The Kier molecular flexibility index (Phi) is 3.10. The fourth-order valence-electron chi connectivity index (χ4n) is 3.38. The summed E-state index contributed by atoms with van der Waals surface area (Å²) in [6, 6.07) is 7.09. The summed E-state index contributed by atoms with van der Waals surface area (Å²) in [5, 5.41) is 0. The number of rotatable bonds is 1. The maximum atomic E-state index is 12.5. The molecule has 3 nitrogen and oxygen atoms in total. The summed E-state index contributed by atoms with van der Waals surface area (Å²) >= 11 is 0. The van der Waals surface area contributed by atoms with E-state index < -0.39 is 0 Å². The maximum absolute atomic E-state index is 12.5. The molecule has 20 heavy (non-hydrogen) atoms. The minimum Gasteiger partial charge on any atom is -0.274 e. The Morgan fingerprint density at radius 3 is 2.70 bits per heavy atom. The van der Waals surface area contributed by atoms with E-state index in [-0.39, 0.29) is 23.7 Å². The zero-order valence-corrected chi connectivity index (χ0v) is 11.5. The molecule has 2 fully saturated rings. The Hall–Kier alpha value is -2.08. The van der Waals surface area contributed by atoms with Crippen LogP contribution in [0.15, 0.2) is 24.3 Å². The quantitative estimate of drug-likeness (QED) is 0.579. The van der Waals surface area contributed by atoms with Gasteiger partial charge in [0.15, 0.2) is 0 Å². The molecule has 1 aromatic carbocycles. The lowest BCUT2D eigenvalue weighted by Crippen LogP contribution is -2.30. The highest BCUT2D eigenvalue weighted by Gasteiger charge is 2.49. The SMILES string of the molecule is C#Cc1cccc(N2C(=O)[C@@H]3CC[C@@H](C)C[C@H]3C2=O)c1. The number of hydrogen-bond donors (Lipinski definition) is 0. The maximum Gasteiger partial charge on any atom is 0.237 e. The largest absolute Gasteiger partial charge is 0.274 e. The first-order chi connectivity index (χ1) is 9.61. The van der Waals surface area contributed by atoms with E-state index in [9.17, 15) is 9.59 Å². The first kappa shape index (κ1) is 12.9. The molecular formula is C17H17NO2. The normalized spacial score (nSPS) is 29.2. The van der Waals surface area contributed by atoms with Crippen molar-refractivity contribution in [3.05, 3.63) is 29.8 Å². The summed E-state index contributed by atoms with van der Waals surface area (Å²) < 4.78 is 0. The van der Waals surface area contributed by atoms with Gasteiger partial charge >= 0.3 is 0 Å². The van der Waals surface area contributed by atoms with Crippen LogP contribution in [0.5, 0.6) is 0 Å². The van der Waals surface area contributed by atoms with E-state index in [1.807, 2.05) is 0 Å². The fraction of sp³-hybridized carbons (Fsp3) is 0.412. The third kappa shape index (κ3) is 1.92. The number of benzene rings is 1. The highest BCUT2D eigenvalue weighted by Crippen LogP contribution is 2.42. The highest BCUT2D eigenvalue weighted by molar-refractivity contribution is 6.22. The average Bonchev–Trinajstić information content (AvgIpc) is 2.70. The van der Waals surface area contributed by atoms with E-state index in [0.29, 0.717) is 17.2 Å². The van der Waals surface area contributed by atoms with Gasteiger partial charge < -0.3 is 0 Å². The monoisotopic (exact) mass is 267 g/mol. The van der Waals surface area contributed by atoms with Gasteiger partial charge in [-0.25, -0.2) is 0 Å². The second-order valence-corrected chi connectivity index (χ2v) is 5.84. The molecular weight excluding hydrogens is 250 g/mol. The smallest absolute Gasteiger partial charge is 0.237 e. The molecule has 102 valence electrons. The highest BCUT2D eigenvalue weighted by atomic mass is 16.2. The van der Waals surface area contributed by atoms with Crippen molar-refractivity contribution < 1.29 is 9.59 Å². The van der Waals surface area contributed by atoms with Crippen LogP contribution in [0.1, 0.15) is 31.7 Å². The van der Waals surface area contributed by atoms with Gasteiger partial charge in [-0.15, -0.1) is 6.42 Å². The molecule has 1 saturated heterocycles. The Labute approximate surface area is 119 Å². The van der Waals surface area contributed by atoms with Crippen molar-refractivity contribution in [3.63, 3.8) is 0 Å². The van der Waals surface area contributed by atoms with Gasteiger partial charge in [-0.05, 0) is 43.4 Å². The number of hydrogen-bond acceptors (Lipinski definition) is 2. The lowest BCUT2D eigenvalue weighted by Gasteiger charge is -2.25. The minimum absolute atomic E-state index is 0.0546. The van der Waals surface area contributed by atoms with Gasteiger partial charge in [-0.1, -0.05) is 18.9 Å². The van der Waals surface area contributed by atoms with Crippen LogP contribution in [0, 0.1) is 30.1 Å². The van der Waals surface area contributed by atoms with E-state index >= 15 is 0 Å².